The minimum Gasteiger partial charge on any atom is -0.378 e. The van der Waals surface area contributed by atoms with E-state index in [2.05, 4.69) is 10.6 Å². The van der Waals surface area contributed by atoms with E-state index in [0.29, 0.717) is 12.5 Å². The summed E-state index contributed by atoms with van der Waals surface area (Å²) >= 11 is 0. The smallest absolute Gasteiger partial charge is 0.220 e. The zero-order valence-corrected chi connectivity index (χ0v) is 10.5. The lowest BCUT2D eigenvalue weighted by atomic mass is 10.0. The van der Waals surface area contributed by atoms with Crippen molar-refractivity contribution in [2.75, 3.05) is 19.7 Å². The van der Waals surface area contributed by atoms with Gasteiger partial charge >= 0.3 is 0 Å². The van der Waals surface area contributed by atoms with Crippen molar-refractivity contribution >= 4 is 5.91 Å². The van der Waals surface area contributed by atoms with Crippen LogP contribution in [0.3, 0.4) is 0 Å². The Labute approximate surface area is 103 Å². The summed E-state index contributed by atoms with van der Waals surface area (Å²) in [5.41, 5.74) is 0. The van der Waals surface area contributed by atoms with Crippen molar-refractivity contribution in [3.63, 3.8) is 0 Å². The summed E-state index contributed by atoms with van der Waals surface area (Å²) in [6.07, 6.45) is 7.94. The van der Waals surface area contributed by atoms with E-state index in [1.54, 1.807) is 0 Å². The highest BCUT2D eigenvalue weighted by Crippen LogP contribution is 2.18. The highest BCUT2D eigenvalue weighted by Gasteiger charge is 2.19. The second-order valence-electron chi connectivity index (χ2n) is 5.11. The number of rotatable bonds is 7. The van der Waals surface area contributed by atoms with Gasteiger partial charge in [-0.25, -0.2) is 0 Å². The van der Waals surface area contributed by atoms with Gasteiger partial charge in [0, 0.05) is 32.2 Å². The van der Waals surface area contributed by atoms with Crippen molar-refractivity contribution < 1.29 is 9.53 Å². The monoisotopic (exact) mass is 240 g/mol. The first-order valence-corrected chi connectivity index (χ1v) is 6.96. The molecule has 1 saturated carbocycles. The number of ether oxygens (including phenoxy) is 1. The molecule has 2 rings (SSSR count). The summed E-state index contributed by atoms with van der Waals surface area (Å²) in [4.78, 5) is 11.6. The first-order valence-electron chi connectivity index (χ1n) is 6.96. The first kappa shape index (κ1) is 12.8. The molecule has 1 unspecified atom stereocenters. The van der Waals surface area contributed by atoms with Gasteiger partial charge in [-0.3, -0.25) is 4.79 Å². The standard InChI is InChI=1S/C13H24N2O2/c16-13(15-9-8-14-11-4-5-11)7-6-12-3-1-2-10-17-12/h11-12,14H,1-10H2,(H,15,16). The maximum Gasteiger partial charge on any atom is 0.220 e. The lowest BCUT2D eigenvalue weighted by molar-refractivity contribution is -0.122. The molecule has 0 aromatic heterocycles. The predicted molar refractivity (Wildman–Crippen MR) is 66.9 cm³/mol. The van der Waals surface area contributed by atoms with Crippen LogP contribution in [0.1, 0.15) is 44.9 Å². The first-order chi connectivity index (χ1) is 8.34. The predicted octanol–water partition coefficient (Wildman–Crippen LogP) is 1.20. The van der Waals surface area contributed by atoms with Crippen molar-refractivity contribution in [2.45, 2.75) is 57.1 Å². The van der Waals surface area contributed by atoms with E-state index in [0.717, 1.165) is 38.6 Å². The van der Waals surface area contributed by atoms with Gasteiger partial charge in [-0.15, -0.1) is 0 Å². The normalized spacial score (nSPS) is 24.6. The molecule has 1 saturated heterocycles. The van der Waals surface area contributed by atoms with Crippen molar-refractivity contribution in [1.82, 2.24) is 10.6 Å². The summed E-state index contributed by atoms with van der Waals surface area (Å²) in [6, 6.07) is 0.725. The Bertz CT molecular complexity index is 236. The van der Waals surface area contributed by atoms with Gasteiger partial charge in [0.1, 0.15) is 0 Å². The molecule has 1 aliphatic carbocycles. The lowest BCUT2D eigenvalue weighted by Crippen LogP contribution is -2.33. The van der Waals surface area contributed by atoms with Crippen molar-refractivity contribution in [2.24, 2.45) is 0 Å². The molecule has 2 fully saturated rings. The average Bonchev–Trinajstić information content (AvgIpc) is 3.17. The topological polar surface area (TPSA) is 50.4 Å². The van der Waals surface area contributed by atoms with E-state index in [-0.39, 0.29) is 5.91 Å². The summed E-state index contributed by atoms with van der Waals surface area (Å²) < 4.78 is 5.60. The Morgan fingerprint density at radius 1 is 1.18 bits per heavy atom. The highest BCUT2D eigenvalue weighted by atomic mass is 16.5. The second kappa shape index (κ2) is 6.97. The third-order valence-electron chi connectivity index (χ3n) is 3.42. The van der Waals surface area contributed by atoms with E-state index in [1.165, 1.54) is 25.7 Å². The Kier molecular flexibility index (Phi) is 5.26. The van der Waals surface area contributed by atoms with Crippen LogP contribution in [-0.4, -0.2) is 37.7 Å². The van der Waals surface area contributed by atoms with Gasteiger partial charge in [-0.1, -0.05) is 0 Å². The fourth-order valence-corrected chi connectivity index (χ4v) is 2.18. The molecule has 1 amide bonds. The summed E-state index contributed by atoms with van der Waals surface area (Å²) in [6.45, 7) is 2.52. The number of hydrogen-bond donors (Lipinski definition) is 2. The molecule has 0 spiro atoms. The zero-order valence-electron chi connectivity index (χ0n) is 10.5. The summed E-state index contributed by atoms with van der Waals surface area (Å²) in [5.74, 6) is 0.164. The van der Waals surface area contributed by atoms with Gasteiger partial charge in [0.15, 0.2) is 0 Å². The van der Waals surface area contributed by atoms with Crippen molar-refractivity contribution in [3.8, 4) is 0 Å². The van der Waals surface area contributed by atoms with Gasteiger partial charge in [0.2, 0.25) is 5.91 Å². The maximum atomic E-state index is 11.6. The Balaban J connectivity index is 1.44. The number of nitrogens with one attached hydrogen (secondary N) is 2. The van der Waals surface area contributed by atoms with Crippen LogP contribution in [-0.2, 0) is 9.53 Å². The van der Waals surface area contributed by atoms with E-state index in [1.807, 2.05) is 0 Å². The molecule has 98 valence electrons. The van der Waals surface area contributed by atoms with Crippen LogP contribution in [0.5, 0.6) is 0 Å². The largest absolute Gasteiger partial charge is 0.378 e. The number of carbonyl (C=O) groups excluding carboxylic acids is 1. The molecule has 0 radical (unpaired) electrons. The van der Waals surface area contributed by atoms with Gasteiger partial charge in [-0.2, -0.15) is 0 Å². The molecular formula is C13H24N2O2. The van der Waals surface area contributed by atoms with E-state index in [9.17, 15) is 4.79 Å². The van der Waals surface area contributed by atoms with Crippen LogP contribution in [0.25, 0.3) is 0 Å². The molecule has 0 aromatic rings. The molecule has 1 atom stereocenters. The second-order valence-corrected chi connectivity index (χ2v) is 5.11. The fraction of sp³-hybridized carbons (Fsp3) is 0.923. The van der Waals surface area contributed by atoms with Crippen LogP contribution in [0.4, 0.5) is 0 Å². The number of carbonyl (C=O) groups is 1. The SMILES string of the molecule is O=C(CCC1CCCCO1)NCCNC1CC1. The molecule has 1 aliphatic heterocycles. The van der Waals surface area contributed by atoms with Crippen molar-refractivity contribution in [1.29, 1.82) is 0 Å². The van der Waals surface area contributed by atoms with E-state index < -0.39 is 0 Å². The van der Waals surface area contributed by atoms with E-state index >= 15 is 0 Å². The molecule has 1 heterocycles. The molecule has 4 heteroatoms. The highest BCUT2D eigenvalue weighted by molar-refractivity contribution is 5.75. The summed E-state index contributed by atoms with van der Waals surface area (Å²) in [7, 11) is 0. The van der Waals surface area contributed by atoms with Gasteiger partial charge in [-0.05, 0) is 38.5 Å². The van der Waals surface area contributed by atoms with Crippen LogP contribution < -0.4 is 10.6 Å². The van der Waals surface area contributed by atoms with E-state index in [4.69, 9.17) is 4.74 Å². The van der Waals surface area contributed by atoms with Crippen LogP contribution in [0.2, 0.25) is 0 Å². The van der Waals surface area contributed by atoms with Gasteiger partial charge < -0.3 is 15.4 Å². The molecule has 2 aliphatic rings. The fourth-order valence-electron chi connectivity index (χ4n) is 2.18. The third-order valence-corrected chi connectivity index (χ3v) is 3.42. The maximum absolute atomic E-state index is 11.6. The molecule has 4 nitrogen and oxygen atoms in total. The average molecular weight is 240 g/mol. The molecule has 0 bridgehead atoms. The molecule has 0 aromatic carbocycles. The molecule has 2 N–H and O–H groups in total. The lowest BCUT2D eigenvalue weighted by Gasteiger charge is -2.22. The molecule has 17 heavy (non-hydrogen) atoms. The number of hydrogen-bond acceptors (Lipinski definition) is 3. The Morgan fingerprint density at radius 3 is 2.76 bits per heavy atom. The van der Waals surface area contributed by atoms with Crippen LogP contribution in [0, 0.1) is 0 Å². The third kappa shape index (κ3) is 5.50. The minimum atomic E-state index is 0.164. The number of amides is 1. The Hall–Kier alpha value is -0.610. The van der Waals surface area contributed by atoms with Crippen molar-refractivity contribution in [3.05, 3.63) is 0 Å². The van der Waals surface area contributed by atoms with Crippen LogP contribution >= 0.6 is 0 Å². The molecular weight excluding hydrogens is 216 g/mol. The summed E-state index contributed by atoms with van der Waals surface area (Å²) in [5, 5.41) is 6.33. The van der Waals surface area contributed by atoms with Crippen LogP contribution in [0.15, 0.2) is 0 Å². The van der Waals surface area contributed by atoms with Gasteiger partial charge in [0.25, 0.3) is 0 Å². The zero-order chi connectivity index (χ0) is 11.9. The quantitative estimate of drug-likeness (QED) is 0.658. The van der Waals surface area contributed by atoms with Gasteiger partial charge in [0.05, 0.1) is 6.10 Å². The minimum absolute atomic E-state index is 0.164. The Morgan fingerprint density at radius 2 is 2.06 bits per heavy atom.